The fourth-order valence-electron chi connectivity index (χ4n) is 1.67. The first-order valence-electron chi connectivity index (χ1n) is 5.72. The zero-order valence-corrected chi connectivity index (χ0v) is 13.4. The second-order valence-electron chi connectivity index (χ2n) is 4.66. The van der Waals surface area contributed by atoms with Gasteiger partial charge in [0.25, 0.3) is 9.05 Å². The van der Waals surface area contributed by atoms with Crippen molar-refractivity contribution in [3.63, 3.8) is 0 Å². The summed E-state index contributed by atoms with van der Waals surface area (Å²) in [6, 6.07) is 2.50. The number of halogens is 1. The van der Waals surface area contributed by atoms with Crippen LogP contribution in [0.3, 0.4) is 0 Å². The Morgan fingerprint density at radius 3 is 2.47 bits per heavy atom. The van der Waals surface area contributed by atoms with Crippen LogP contribution in [0, 0.1) is 5.92 Å². The Morgan fingerprint density at radius 2 is 2.00 bits per heavy atom. The minimum absolute atomic E-state index is 0.0254. The predicted molar refractivity (Wildman–Crippen MR) is 75.4 cm³/mol. The number of thiophene rings is 1. The minimum atomic E-state index is -3.75. The Hall–Kier alpha value is -0.150. The third kappa shape index (κ3) is 4.42. The topological polar surface area (TPSA) is 80.3 Å². The maximum atomic E-state index is 11.8. The van der Waals surface area contributed by atoms with Crippen LogP contribution < -0.4 is 4.72 Å². The maximum Gasteiger partial charge on any atom is 0.270 e. The van der Waals surface area contributed by atoms with Gasteiger partial charge in [-0.3, -0.25) is 0 Å². The first kappa shape index (κ1) is 15.2. The molecule has 9 heteroatoms. The van der Waals surface area contributed by atoms with E-state index in [1.54, 1.807) is 13.0 Å². The molecule has 1 N–H and O–H groups in total. The average Bonchev–Trinajstić information content (AvgIpc) is 2.89. The van der Waals surface area contributed by atoms with Crippen LogP contribution in [-0.2, 0) is 19.1 Å². The first-order valence-corrected chi connectivity index (χ1v) is 10.5. The van der Waals surface area contributed by atoms with E-state index in [0.717, 1.165) is 24.2 Å². The monoisotopic (exact) mass is 343 g/mol. The molecule has 1 aliphatic carbocycles. The van der Waals surface area contributed by atoms with Gasteiger partial charge in [-0.25, -0.2) is 21.6 Å². The summed E-state index contributed by atoms with van der Waals surface area (Å²) in [4.78, 5) is 0.624. The van der Waals surface area contributed by atoms with E-state index in [2.05, 4.69) is 4.72 Å². The lowest BCUT2D eigenvalue weighted by atomic mass is 10.3. The second kappa shape index (κ2) is 5.33. The number of hydrogen-bond donors (Lipinski definition) is 1. The van der Waals surface area contributed by atoms with Crippen LogP contribution >= 0.6 is 22.0 Å². The standard InChI is InChI=1S/C10H14ClNO4S3/c1-7(12-18(13,14)6-8-2-3-8)9-4-5-10(17-9)19(11,15)16/h4-5,7-8,12H,2-3,6H2,1H3. The number of sulfonamides is 1. The van der Waals surface area contributed by atoms with Crippen molar-refractivity contribution in [1.82, 2.24) is 4.72 Å². The van der Waals surface area contributed by atoms with Gasteiger partial charge in [0, 0.05) is 15.6 Å². The quantitative estimate of drug-likeness (QED) is 0.802. The summed E-state index contributed by atoms with van der Waals surface area (Å²) in [6.07, 6.45) is 1.92. The molecule has 1 aromatic heterocycles. The average molecular weight is 344 g/mol. The third-order valence-corrected chi connectivity index (χ3v) is 7.76. The van der Waals surface area contributed by atoms with E-state index >= 15 is 0 Å². The predicted octanol–water partition coefficient (Wildman–Crippen LogP) is 2.07. The van der Waals surface area contributed by atoms with Gasteiger partial charge in [0.15, 0.2) is 0 Å². The molecule has 1 aromatic rings. The van der Waals surface area contributed by atoms with Crippen LogP contribution in [0.25, 0.3) is 0 Å². The van der Waals surface area contributed by atoms with Crippen molar-refractivity contribution < 1.29 is 16.8 Å². The van der Waals surface area contributed by atoms with Crippen molar-refractivity contribution in [2.75, 3.05) is 5.75 Å². The highest BCUT2D eigenvalue weighted by atomic mass is 35.7. The van der Waals surface area contributed by atoms with E-state index in [1.165, 1.54) is 6.07 Å². The van der Waals surface area contributed by atoms with Crippen LogP contribution in [0.15, 0.2) is 16.3 Å². The molecular weight excluding hydrogens is 330 g/mol. The van der Waals surface area contributed by atoms with E-state index in [4.69, 9.17) is 10.7 Å². The lowest BCUT2D eigenvalue weighted by Crippen LogP contribution is -2.29. The van der Waals surface area contributed by atoms with Crippen LogP contribution in [0.2, 0.25) is 0 Å². The fraction of sp³-hybridized carbons (Fsp3) is 0.600. The molecule has 1 saturated carbocycles. The molecule has 1 atom stereocenters. The van der Waals surface area contributed by atoms with Gasteiger partial charge >= 0.3 is 0 Å². The highest BCUT2D eigenvalue weighted by Gasteiger charge is 2.29. The van der Waals surface area contributed by atoms with Gasteiger partial charge in [0.1, 0.15) is 4.21 Å². The summed E-state index contributed by atoms with van der Waals surface area (Å²) in [5, 5.41) is 0. The van der Waals surface area contributed by atoms with E-state index in [0.29, 0.717) is 4.88 Å². The maximum absolute atomic E-state index is 11.8. The van der Waals surface area contributed by atoms with Crippen molar-refractivity contribution >= 4 is 41.1 Å². The van der Waals surface area contributed by atoms with E-state index in [9.17, 15) is 16.8 Å². The molecule has 19 heavy (non-hydrogen) atoms. The zero-order valence-electron chi connectivity index (χ0n) is 10.2. The van der Waals surface area contributed by atoms with Crippen molar-refractivity contribution in [3.8, 4) is 0 Å². The van der Waals surface area contributed by atoms with Crippen molar-refractivity contribution in [2.24, 2.45) is 5.92 Å². The molecule has 1 heterocycles. The van der Waals surface area contributed by atoms with Gasteiger partial charge in [-0.2, -0.15) is 0 Å². The van der Waals surface area contributed by atoms with Crippen molar-refractivity contribution in [3.05, 3.63) is 17.0 Å². The van der Waals surface area contributed by atoms with Gasteiger partial charge in [0.2, 0.25) is 10.0 Å². The van der Waals surface area contributed by atoms with Gasteiger partial charge in [0.05, 0.1) is 11.8 Å². The Balaban J connectivity index is 2.07. The summed E-state index contributed by atoms with van der Waals surface area (Å²) in [6.45, 7) is 1.68. The molecule has 0 saturated heterocycles. The van der Waals surface area contributed by atoms with Crippen LogP contribution in [0.1, 0.15) is 30.7 Å². The summed E-state index contributed by atoms with van der Waals surface area (Å²) in [7, 11) is -1.84. The summed E-state index contributed by atoms with van der Waals surface area (Å²) < 4.78 is 48.5. The normalized spacial score (nSPS) is 18.4. The molecular formula is C10H14ClNO4S3. The van der Waals surface area contributed by atoms with Crippen LogP contribution in [-0.4, -0.2) is 22.6 Å². The largest absolute Gasteiger partial charge is 0.270 e. The zero-order chi connectivity index (χ0) is 14.3. The first-order chi connectivity index (χ1) is 8.67. The Labute approximate surface area is 121 Å². The summed E-state index contributed by atoms with van der Waals surface area (Å²) in [5.74, 6) is 0.412. The molecule has 1 unspecified atom stereocenters. The fourth-order valence-corrected chi connectivity index (χ4v) is 5.55. The highest BCUT2D eigenvalue weighted by molar-refractivity contribution is 8.15. The van der Waals surface area contributed by atoms with Crippen molar-refractivity contribution in [2.45, 2.75) is 30.0 Å². The van der Waals surface area contributed by atoms with Gasteiger partial charge in [-0.05, 0) is 37.8 Å². The SMILES string of the molecule is CC(NS(=O)(=O)CC1CC1)c1ccc(S(=O)(=O)Cl)s1. The lowest BCUT2D eigenvalue weighted by molar-refractivity contribution is 0.565. The molecule has 0 aromatic carbocycles. The third-order valence-electron chi connectivity index (χ3n) is 2.78. The minimum Gasteiger partial charge on any atom is -0.212 e. The smallest absolute Gasteiger partial charge is 0.212 e. The Kier molecular flexibility index (Phi) is 4.27. The number of nitrogens with one attached hydrogen (secondary N) is 1. The van der Waals surface area contributed by atoms with Gasteiger partial charge in [-0.1, -0.05) is 0 Å². The van der Waals surface area contributed by atoms with E-state index in [-0.39, 0.29) is 15.9 Å². The van der Waals surface area contributed by atoms with Gasteiger partial charge in [-0.15, -0.1) is 11.3 Å². The molecule has 0 radical (unpaired) electrons. The number of rotatable bonds is 6. The van der Waals surface area contributed by atoms with E-state index in [1.807, 2.05) is 0 Å². The molecule has 5 nitrogen and oxygen atoms in total. The van der Waals surface area contributed by atoms with Crippen molar-refractivity contribution in [1.29, 1.82) is 0 Å². The molecule has 0 aliphatic heterocycles. The molecule has 1 fully saturated rings. The van der Waals surface area contributed by atoms with Gasteiger partial charge < -0.3 is 0 Å². The van der Waals surface area contributed by atoms with Crippen LogP contribution in [0.5, 0.6) is 0 Å². The highest BCUT2D eigenvalue weighted by Crippen LogP contribution is 2.32. The molecule has 1 aliphatic rings. The lowest BCUT2D eigenvalue weighted by Gasteiger charge is -2.12. The summed E-state index contributed by atoms with van der Waals surface area (Å²) in [5.41, 5.74) is 0. The number of hydrogen-bond acceptors (Lipinski definition) is 5. The summed E-state index contributed by atoms with van der Waals surface area (Å²) >= 11 is 0.976. The molecule has 0 amide bonds. The Morgan fingerprint density at radius 1 is 1.37 bits per heavy atom. The molecule has 0 bridgehead atoms. The molecule has 108 valence electrons. The Bertz CT molecular complexity index is 661. The molecule has 0 spiro atoms. The van der Waals surface area contributed by atoms with Crippen LogP contribution in [0.4, 0.5) is 0 Å². The second-order valence-corrected chi connectivity index (χ2v) is 10.4. The van der Waals surface area contributed by atoms with E-state index < -0.39 is 25.1 Å². The molecule has 2 rings (SSSR count).